The van der Waals surface area contributed by atoms with Crippen molar-refractivity contribution in [2.75, 3.05) is 5.33 Å². The third kappa shape index (κ3) is 4.12. The molecule has 0 saturated heterocycles. The Balaban J connectivity index is 2.96. The first-order chi connectivity index (χ1) is 6.87. The maximum absolute atomic E-state index is 10.3. The van der Waals surface area contributed by atoms with Crippen LogP contribution in [0.15, 0.2) is 30.3 Å². The van der Waals surface area contributed by atoms with Crippen LogP contribution in [0.1, 0.15) is 12.0 Å². The molecule has 0 heterocycles. The van der Waals surface area contributed by atoms with E-state index in [0.29, 0.717) is 5.33 Å². The predicted molar refractivity (Wildman–Crippen MR) is 69.0 cm³/mol. The van der Waals surface area contributed by atoms with E-state index in [1.54, 1.807) is 12.1 Å². The monoisotopic (exact) mass is 330 g/mol. The summed E-state index contributed by atoms with van der Waals surface area (Å²) in [5.41, 5.74) is -0.430. The first kappa shape index (κ1) is 13.6. The minimum atomic E-state index is -1.47. The van der Waals surface area contributed by atoms with E-state index >= 15 is 0 Å². The predicted octanol–water partition coefficient (Wildman–Crippen LogP) is 4.03. The molecular formula is C10H10BrCl3O. The van der Waals surface area contributed by atoms with E-state index in [4.69, 9.17) is 34.8 Å². The Labute approximate surface area is 112 Å². The van der Waals surface area contributed by atoms with Gasteiger partial charge in [0.25, 0.3) is 0 Å². The van der Waals surface area contributed by atoms with E-state index in [2.05, 4.69) is 15.9 Å². The summed E-state index contributed by atoms with van der Waals surface area (Å²) in [5, 5.41) is 10.6. The van der Waals surface area contributed by atoms with Crippen LogP contribution in [0.3, 0.4) is 0 Å². The smallest absolute Gasteiger partial charge is 0.193 e. The van der Waals surface area contributed by atoms with Crippen molar-refractivity contribution >= 4 is 50.7 Å². The van der Waals surface area contributed by atoms with Crippen LogP contribution < -0.4 is 0 Å². The van der Waals surface area contributed by atoms with E-state index in [1.807, 2.05) is 18.2 Å². The van der Waals surface area contributed by atoms with E-state index < -0.39 is 9.39 Å². The van der Waals surface area contributed by atoms with Crippen molar-refractivity contribution in [3.05, 3.63) is 35.9 Å². The Bertz CT molecular complexity index is 312. The van der Waals surface area contributed by atoms with Crippen LogP contribution in [0.5, 0.6) is 0 Å². The maximum Gasteiger partial charge on any atom is 0.193 e. The van der Waals surface area contributed by atoms with Crippen molar-refractivity contribution in [3.8, 4) is 0 Å². The highest BCUT2D eigenvalue weighted by atomic mass is 79.9. The molecule has 0 amide bonds. The lowest BCUT2D eigenvalue weighted by molar-refractivity contribution is 0.0556. The molecule has 0 saturated carbocycles. The zero-order chi connectivity index (χ0) is 11.5. The summed E-state index contributed by atoms with van der Waals surface area (Å²) in [5.74, 6) is 0. The molecule has 1 rings (SSSR count). The average Bonchev–Trinajstić information content (AvgIpc) is 2.16. The quantitative estimate of drug-likeness (QED) is 0.829. The second-order valence-electron chi connectivity index (χ2n) is 3.32. The third-order valence-electron chi connectivity index (χ3n) is 2.03. The highest BCUT2D eigenvalue weighted by Gasteiger charge is 2.37. The summed E-state index contributed by atoms with van der Waals surface area (Å²) in [6.07, 6.45) is 0.0416. The SMILES string of the molecule is OC(CBr)(CC(Cl)(Cl)Cl)c1ccccc1. The number of halogens is 4. The summed E-state index contributed by atoms with van der Waals surface area (Å²) in [6, 6.07) is 9.14. The van der Waals surface area contributed by atoms with Crippen molar-refractivity contribution in [2.45, 2.75) is 15.8 Å². The van der Waals surface area contributed by atoms with E-state index in [9.17, 15) is 5.11 Å². The van der Waals surface area contributed by atoms with Gasteiger partial charge in [0.1, 0.15) is 5.60 Å². The number of hydrogen-bond donors (Lipinski definition) is 1. The number of rotatable bonds is 3. The molecule has 0 fully saturated rings. The molecule has 0 radical (unpaired) electrons. The molecule has 5 heteroatoms. The van der Waals surface area contributed by atoms with Crippen molar-refractivity contribution in [1.29, 1.82) is 0 Å². The summed E-state index contributed by atoms with van der Waals surface area (Å²) in [4.78, 5) is 0. The molecule has 0 bridgehead atoms. The van der Waals surface area contributed by atoms with Crippen LogP contribution in [-0.4, -0.2) is 14.2 Å². The lowest BCUT2D eigenvalue weighted by Crippen LogP contribution is -2.32. The van der Waals surface area contributed by atoms with Crippen LogP contribution in [0.2, 0.25) is 0 Å². The summed E-state index contributed by atoms with van der Waals surface area (Å²) >= 11 is 20.3. The number of aliphatic hydroxyl groups is 1. The van der Waals surface area contributed by atoms with Gasteiger partial charge >= 0.3 is 0 Å². The Hall–Kier alpha value is 0.530. The zero-order valence-corrected chi connectivity index (χ0v) is 11.6. The lowest BCUT2D eigenvalue weighted by Gasteiger charge is -2.29. The van der Waals surface area contributed by atoms with Crippen LogP contribution in [0.4, 0.5) is 0 Å². The van der Waals surface area contributed by atoms with Gasteiger partial charge in [-0.2, -0.15) is 0 Å². The van der Waals surface area contributed by atoms with Crippen molar-refractivity contribution < 1.29 is 5.11 Å². The van der Waals surface area contributed by atoms with Crippen molar-refractivity contribution in [2.24, 2.45) is 0 Å². The van der Waals surface area contributed by atoms with Gasteiger partial charge in [-0.25, -0.2) is 0 Å². The van der Waals surface area contributed by atoms with Gasteiger partial charge in [-0.1, -0.05) is 81.1 Å². The molecule has 0 aromatic heterocycles. The molecular weight excluding hydrogens is 322 g/mol. The molecule has 84 valence electrons. The highest BCUT2D eigenvalue weighted by molar-refractivity contribution is 9.09. The van der Waals surface area contributed by atoms with Crippen molar-refractivity contribution in [1.82, 2.24) is 0 Å². The first-order valence-electron chi connectivity index (χ1n) is 4.28. The molecule has 0 spiro atoms. The van der Waals surface area contributed by atoms with Crippen LogP contribution in [0.25, 0.3) is 0 Å². The van der Waals surface area contributed by atoms with Gasteiger partial charge in [0.05, 0.1) is 0 Å². The normalized spacial score (nSPS) is 16.1. The Morgan fingerprint density at radius 3 is 2.07 bits per heavy atom. The van der Waals surface area contributed by atoms with Gasteiger partial charge in [0.2, 0.25) is 0 Å². The van der Waals surface area contributed by atoms with Gasteiger partial charge in [0, 0.05) is 11.8 Å². The van der Waals surface area contributed by atoms with Gasteiger partial charge < -0.3 is 5.11 Å². The standard InChI is InChI=1S/C10H10BrCl3O/c11-7-9(15,6-10(12,13)14)8-4-2-1-3-5-8/h1-5,15H,6-7H2. The second kappa shape index (κ2) is 5.24. The Morgan fingerprint density at radius 1 is 1.13 bits per heavy atom. The molecule has 1 aromatic carbocycles. The van der Waals surface area contributed by atoms with Gasteiger partial charge in [-0.05, 0) is 5.56 Å². The van der Waals surface area contributed by atoms with Crippen LogP contribution in [0, 0.1) is 0 Å². The molecule has 1 N–H and O–H groups in total. The summed E-state index contributed by atoms with van der Waals surface area (Å²) < 4.78 is -1.47. The van der Waals surface area contributed by atoms with Gasteiger partial charge in [-0.3, -0.25) is 0 Å². The molecule has 0 aliphatic carbocycles. The molecule has 1 unspecified atom stereocenters. The summed E-state index contributed by atoms with van der Waals surface area (Å²) in [7, 11) is 0. The minimum absolute atomic E-state index is 0.0416. The first-order valence-corrected chi connectivity index (χ1v) is 6.53. The Kier molecular flexibility index (Phi) is 4.75. The van der Waals surface area contributed by atoms with Crippen LogP contribution in [-0.2, 0) is 5.60 Å². The van der Waals surface area contributed by atoms with Gasteiger partial charge in [0.15, 0.2) is 3.79 Å². The molecule has 15 heavy (non-hydrogen) atoms. The fourth-order valence-corrected chi connectivity index (χ4v) is 2.49. The van der Waals surface area contributed by atoms with Crippen molar-refractivity contribution in [3.63, 3.8) is 0 Å². The van der Waals surface area contributed by atoms with E-state index in [-0.39, 0.29) is 6.42 Å². The number of benzene rings is 1. The highest BCUT2D eigenvalue weighted by Crippen LogP contribution is 2.40. The minimum Gasteiger partial charge on any atom is -0.384 e. The van der Waals surface area contributed by atoms with E-state index in [0.717, 1.165) is 5.56 Å². The Morgan fingerprint density at radius 2 is 1.67 bits per heavy atom. The van der Waals surface area contributed by atoms with Crippen LogP contribution >= 0.6 is 50.7 Å². The molecule has 1 atom stereocenters. The van der Waals surface area contributed by atoms with E-state index in [1.165, 1.54) is 0 Å². The molecule has 1 aromatic rings. The summed E-state index contributed by atoms with van der Waals surface area (Å²) in [6.45, 7) is 0. The number of hydrogen-bond acceptors (Lipinski definition) is 1. The topological polar surface area (TPSA) is 20.2 Å². The van der Waals surface area contributed by atoms with Gasteiger partial charge in [-0.15, -0.1) is 0 Å². The third-order valence-corrected chi connectivity index (χ3v) is 3.35. The largest absolute Gasteiger partial charge is 0.384 e. The lowest BCUT2D eigenvalue weighted by atomic mass is 9.93. The fourth-order valence-electron chi connectivity index (χ4n) is 1.31. The molecule has 1 nitrogen and oxygen atoms in total. The average molecular weight is 332 g/mol. The second-order valence-corrected chi connectivity index (χ2v) is 6.40. The molecule has 0 aliphatic rings. The fraction of sp³-hybridized carbons (Fsp3) is 0.400. The molecule has 0 aliphatic heterocycles. The zero-order valence-electron chi connectivity index (χ0n) is 7.76. The maximum atomic E-state index is 10.3. The number of alkyl halides is 4.